The number of aliphatic imine (C=N–C) groups is 1. The molecule has 0 aliphatic heterocycles. The van der Waals surface area contributed by atoms with E-state index in [1.165, 1.54) is 0 Å². The predicted molar refractivity (Wildman–Crippen MR) is 120 cm³/mol. The van der Waals surface area contributed by atoms with Gasteiger partial charge in [-0.1, -0.05) is 32.0 Å². The Morgan fingerprint density at radius 3 is 2.77 bits per heavy atom. The van der Waals surface area contributed by atoms with Crippen LogP contribution < -0.4 is 10.6 Å². The van der Waals surface area contributed by atoms with Crippen molar-refractivity contribution in [1.29, 1.82) is 0 Å². The molecule has 0 unspecified atom stereocenters. The van der Waals surface area contributed by atoms with Crippen LogP contribution in [-0.2, 0) is 13.0 Å². The average Bonchev–Trinajstić information content (AvgIpc) is 3.24. The van der Waals surface area contributed by atoms with E-state index in [1.54, 1.807) is 18.4 Å². The predicted octanol–water partition coefficient (Wildman–Crippen LogP) is 4.54. The minimum atomic E-state index is 0. The summed E-state index contributed by atoms with van der Waals surface area (Å²) in [7, 11) is 1.78. The second kappa shape index (κ2) is 9.91. The van der Waals surface area contributed by atoms with Crippen LogP contribution in [0.5, 0.6) is 0 Å². The lowest BCUT2D eigenvalue weighted by atomic mass is 10.2. The third-order valence-corrected chi connectivity index (χ3v) is 4.80. The van der Waals surface area contributed by atoms with Crippen LogP contribution in [-0.4, -0.2) is 24.5 Å². The minimum Gasteiger partial charge on any atom is -0.461 e. The summed E-state index contributed by atoms with van der Waals surface area (Å²) in [5, 5.41) is 11.0. The van der Waals surface area contributed by atoms with Crippen molar-refractivity contribution in [2.75, 3.05) is 13.6 Å². The molecule has 2 aromatic heterocycles. The van der Waals surface area contributed by atoms with Gasteiger partial charge in [-0.3, -0.25) is 4.99 Å². The first kappa shape index (κ1) is 20.7. The summed E-state index contributed by atoms with van der Waals surface area (Å²) < 4.78 is 5.83. The molecule has 3 aromatic rings. The first-order chi connectivity index (χ1) is 12.2. The van der Waals surface area contributed by atoms with E-state index in [0.29, 0.717) is 12.5 Å². The Morgan fingerprint density at radius 1 is 1.27 bits per heavy atom. The Balaban J connectivity index is 0.00000243. The number of nitrogens with one attached hydrogen (secondary N) is 2. The highest BCUT2D eigenvalue weighted by atomic mass is 127. The maximum Gasteiger partial charge on any atom is 0.191 e. The van der Waals surface area contributed by atoms with Crippen LogP contribution in [0.4, 0.5) is 0 Å². The van der Waals surface area contributed by atoms with Crippen LogP contribution in [0.3, 0.4) is 0 Å². The first-order valence-electron chi connectivity index (χ1n) is 8.52. The number of nitrogens with zero attached hydrogens (tertiary/aromatic N) is 2. The standard InChI is InChI=1S/C19H24N4OS.HI/c1-13(2)16-12-25-18(23-16)11-22-19(20-3)21-9-8-15-10-14-6-4-5-7-17(14)24-15;/h4-7,10,12-13H,8-9,11H2,1-3H3,(H2,20,21,22);1H. The number of thiazole rings is 1. The lowest BCUT2D eigenvalue weighted by Crippen LogP contribution is -2.37. The average molecular weight is 484 g/mol. The molecule has 26 heavy (non-hydrogen) atoms. The normalized spacial score (nSPS) is 11.6. The molecular weight excluding hydrogens is 459 g/mol. The molecule has 0 saturated heterocycles. The molecule has 0 amide bonds. The minimum absolute atomic E-state index is 0. The fraction of sp³-hybridized carbons (Fsp3) is 0.368. The molecule has 0 radical (unpaired) electrons. The maximum atomic E-state index is 5.83. The number of guanidine groups is 1. The molecule has 0 spiro atoms. The van der Waals surface area contributed by atoms with E-state index in [1.807, 2.05) is 18.2 Å². The van der Waals surface area contributed by atoms with Gasteiger partial charge in [-0.2, -0.15) is 0 Å². The van der Waals surface area contributed by atoms with Crippen molar-refractivity contribution in [1.82, 2.24) is 15.6 Å². The van der Waals surface area contributed by atoms with Gasteiger partial charge in [0.25, 0.3) is 0 Å². The zero-order valence-electron chi connectivity index (χ0n) is 15.3. The largest absolute Gasteiger partial charge is 0.461 e. The van der Waals surface area contributed by atoms with Crippen LogP contribution in [0.2, 0.25) is 0 Å². The lowest BCUT2D eigenvalue weighted by molar-refractivity contribution is 0.544. The van der Waals surface area contributed by atoms with Gasteiger partial charge in [0.15, 0.2) is 5.96 Å². The van der Waals surface area contributed by atoms with Crippen molar-refractivity contribution in [3.8, 4) is 0 Å². The molecule has 0 saturated carbocycles. The Bertz CT molecular complexity index is 823. The zero-order chi connectivity index (χ0) is 17.6. The summed E-state index contributed by atoms with van der Waals surface area (Å²) in [5.74, 6) is 2.22. The van der Waals surface area contributed by atoms with Gasteiger partial charge >= 0.3 is 0 Å². The fourth-order valence-electron chi connectivity index (χ4n) is 2.52. The molecule has 0 atom stereocenters. The summed E-state index contributed by atoms with van der Waals surface area (Å²) in [5.41, 5.74) is 2.08. The molecule has 140 valence electrons. The highest BCUT2D eigenvalue weighted by Gasteiger charge is 2.07. The van der Waals surface area contributed by atoms with Crippen LogP contribution in [0.1, 0.15) is 36.2 Å². The molecule has 0 aliphatic rings. The summed E-state index contributed by atoms with van der Waals surface area (Å²) in [4.78, 5) is 8.89. The van der Waals surface area contributed by atoms with E-state index in [0.717, 1.165) is 46.4 Å². The number of furan rings is 1. The van der Waals surface area contributed by atoms with Crippen molar-refractivity contribution in [3.05, 3.63) is 52.2 Å². The van der Waals surface area contributed by atoms with E-state index in [9.17, 15) is 0 Å². The number of halogens is 1. The molecule has 3 rings (SSSR count). The molecule has 0 bridgehead atoms. The second-order valence-electron chi connectivity index (χ2n) is 6.17. The molecular formula is C19H25IN4OS. The van der Waals surface area contributed by atoms with Crippen LogP contribution in [0.15, 0.2) is 45.1 Å². The number of hydrogen-bond acceptors (Lipinski definition) is 4. The van der Waals surface area contributed by atoms with Gasteiger partial charge in [0.1, 0.15) is 16.4 Å². The van der Waals surface area contributed by atoms with E-state index in [2.05, 4.69) is 52.0 Å². The Hall–Kier alpha value is -1.61. The van der Waals surface area contributed by atoms with Gasteiger partial charge in [0.05, 0.1) is 12.2 Å². The van der Waals surface area contributed by atoms with Gasteiger partial charge in [-0.15, -0.1) is 35.3 Å². The zero-order valence-corrected chi connectivity index (χ0v) is 18.4. The van der Waals surface area contributed by atoms with Crippen LogP contribution in [0, 0.1) is 0 Å². The number of hydrogen-bond donors (Lipinski definition) is 2. The summed E-state index contributed by atoms with van der Waals surface area (Å²) in [6, 6.07) is 10.2. The van der Waals surface area contributed by atoms with E-state index < -0.39 is 0 Å². The smallest absolute Gasteiger partial charge is 0.191 e. The molecule has 0 fully saturated rings. The van der Waals surface area contributed by atoms with Crippen molar-refractivity contribution >= 4 is 52.2 Å². The van der Waals surface area contributed by atoms with E-state index >= 15 is 0 Å². The van der Waals surface area contributed by atoms with E-state index in [4.69, 9.17) is 4.42 Å². The Morgan fingerprint density at radius 2 is 2.08 bits per heavy atom. The number of rotatable bonds is 6. The highest BCUT2D eigenvalue weighted by molar-refractivity contribution is 14.0. The molecule has 1 aromatic carbocycles. The number of para-hydroxylation sites is 1. The summed E-state index contributed by atoms with van der Waals surface area (Å²) in [6.07, 6.45) is 0.810. The van der Waals surface area contributed by atoms with Gasteiger partial charge < -0.3 is 15.1 Å². The van der Waals surface area contributed by atoms with Crippen molar-refractivity contribution in [2.24, 2.45) is 4.99 Å². The number of benzene rings is 1. The fourth-order valence-corrected chi connectivity index (χ4v) is 3.41. The third-order valence-electron chi connectivity index (χ3n) is 3.93. The van der Waals surface area contributed by atoms with Crippen molar-refractivity contribution in [2.45, 2.75) is 32.7 Å². The summed E-state index contributed by atoms with van der Waals surface area (Å²) in [6.45, 7) is 5.76. The van der Waals surface area contributed by atoms with Crippen LogP contribution >= 0.6 is 35.3 Å². The number of fused-ring (bicyclic) bond motifs is 1. The third kappa shape index (κ3) is 5.44. The van der Waals surface area contributed by atoms with Crippen molar-refractivity contribution < 1.29 is 4.42 Å². The monoisotopic (exact) mass is 484 g/mol. The molecule has 5 nitrogen and oxygen atoms in total. The maximum absolute atomic E-state index is 5.83. The molecule has 7 heteroatoms. The Labute approximate surface area is 175 Å². The number of aromatic nitrogens is 1. The van der Waals surface area contributed by atoms with Gasteiger partial charge in [0, 0.05) is 30.8 Å². The summed E-state index contributed by atoms with van der Waals surface area (Å²) >= 11 is 1.68. The van der Waals surface area contributed by atoms with Gasteiger partial charge in [-0.25, -0.2) is 4.98 Å². The van der Waals surface area contributed by atoms with Gasteiger partial charge in [0.2, 0.25) is 0 Å². The second-order valence-corrected chi connectivity index (χ2v) is 7.12. The molecule has 2 N–H and O–H groups in total. The Kier molecular flexibility index (Phi) is 7.89. The highest BCUT2D eigenvalue weighted by Crippen LogP contribution is 2.19. The lowest BCUT2D eigenvalue weighted by Gasteiger charge is -2.10. The van der Waals surface area contributed by atoms with Crippen LogP contribution in [0.25, 0.3) is 11.0 Å². The molecule has 0 aliphatic carbocycles. The quantitative estimate of drug-likeness (QED) is 0.307. The molecule has 2 heterocycles. The SMILES string of the molecule is CN=C(NCCc1cc2ccccc2o1)NCc1nc(C(C)C)cs1.I. The van der Waals surface area contributed by atoms with Gasteiger partial charge in [-0.05, 0) is 18.1 Å². The first-order valence-corrected chi connectivity index (χ1v) is 9.40. The van der Waals surface area contributed by atoms with Crippen molar-refractivity contribution in [3.63, 3.8) is 0 Å². The van der Waals surface area contributed by atoms with E-state index in [-0.39, 0.29) is 24.0 Å². The topological polar surface area (TPSA) is 62.5 Å².